The average Bonchev–Trinajstić information content (AvgIpc) is 3.23. The van der Waals surface area contributed by atoms with E-state index in [1.807, 2.05) is 0 Å². The number of nitrogens with zero attached hydrogens (tertiary/aromatic N) is 3. The van der Waals surface area contributed by atoms with Gasteiger partial charge in [0.15, 0.2) is 11.5 Å². The third-order valence-corrected chi connectivity index (χ3v) is 5.02. The van der Waals surface area contributed by atoms with Crippen molar-refractivity contribution in [3.8, 4) is 11.5 Å². The molecule has 2 N–H and O–H groups in total. The molecule has 7 nitrogen and oxygen atoms in total. The molecule has 1 fully saturated rings. The van der Waals surface area contributed by atoms with Gasteiger partial charge >= 0.3 is 0 Å². The van der Waals surface area contributed by atoms with Crippen LogP contribution >= 0.6 is 0 Å². The summed E-state index contributed by atoms with van der Waals surface area (Å²) in [5, 5.41) is 5.96. The summed E-state index contributed by atoms with van der Waals surface area (Å²) in [4.78, 5) is 11.0. The summed E-state index contributed by atoms with van der Waals surface area (Å²) in [6, 6.07) is 6.92. The third kappa shape index (κ3) is 7.20. The molecule has 0 bridgehead atoms. The Morgan fingerprint density at radius 3 is 2.58 bits per heavy atom. The summed E-state index contributed by atoms with van der Waals surface area (Å²) in [7, 11) is 3.28. The Bertz CT molecular complexity index is 854. The van der Waals surface area contributed by atoms with E-state index in [0.29, 0.717) is 29.6 Å². The Morgan fingerprint density at radius 2 is 1.90 bits per heavy atom. The van der Waals surface area contributed by atoms with Gasteiger partial charge in [0, 0.05) is 31.4 Å². The smallest absolute Gasteiger partial charge is 0.250 e. The lowest BCUT2D eigenvalue weighted by atomic mass is 10.2. The van der Waals surface area contributed by atoms with Gasteiger partial charge < -0.3 is 25.0 Å². The van der Waals surface area contributed by atoms with Crippen LogP contribution in [0.3, 0.4) is 0 Å². The highest BCUT2D eigenvalue weighted by Crippen LogP contribution is 2.31. The van der Waals surface area contributed by atoms with Crippen molar-refractivity contribution in [2.45, 2.75) is 38.5 Å². The molecule has 9 heteroatoms. The molecular weight excluding hydrogens is 404 g/mol. The van der Waals surface area contributed by atoms with Gasteiger partial charge in [0.25, 0.3) is 5.92 Å². The van der Waals surface area contributed by atoms with Gasteiger partial charge in [-0.15, -0.1) is 0 Å². The van der Waals surface area contributed by atoms with Crippen LogP contribution in [0.4, 0.5) is 26.2 Å². The van der Waals surface area contributed by atoms with Gasteiger partial charge in [-0.05, 0) is 51.4 Å². The third-order valence-electron chi connectivity index (χ3n) is 5.02. The summed E-state index contributed by atoms with van der Waals surface area (Å²) in [5.41, 5.74) is 0.930. The quantitative estimate of drug-likeness (QED) is 0.509. The van der Waals surface area contributed by atoms with Gasteiger partial charge in [-0.25, -0.2) is 13.8 Å². The topological polar surface area (TPSA) is 71.5 Å². The zero-order chi connectivity index (χ0) is 22.3. The molecule has 0 atom stereocenters. The minimum absolute atomic E-state index is 0.233. The Morgan fingerprint density at radius 1 is 1.13 bits per heavy atom. The van der Waals surface area contributed by atoms with Gasteiger partial charge in [0.2, 0.25) is 5.95 Å². The summed E-state index contributed by atoms with van der Waals surface area (Å²) < 4.78 is 38.3. The summed E-state index contributed by atoms with van der Waals surface area (Å²) in [5.74, 6) is -0.922. The maximum Gasteiger partial charge on any atom is 0.250 e. The molecule has 0 amide bonds. The molecule has 1 aromatic heterocycles. The maximum atomic E-state index is 13.5. The number of hydrogen-bond donors (Lipinski definition) is 2. The molecule has 0 aliphatic carbocycles. The molecule has 2 heterocycles. The van der Waals surface area contributed by atoms with E-state index in [1.165, 1.54) is 32.0 Å². The highest BCUT2D eigenvalue weighted by molar-refractivity contribution is 5.60. The van der Waals surface area contributed by atoms with Gasteiger partial charge in [0.1, 0.15) is 5.82 Å². The molecule has 1 aromatic carbocycles. The number of ether oxygens (including phenoxy) is 2. The molecule has 0 unspecified atom stereocenters. The molecule has 1 saturated heterocycles. The Balaban J connectivity index is 1.68. The van der Waals surface area contributed by atoms with E-state index >= 15 is 0 Å². The molecule has 0 saturated carbocycles. The fourth-order valence-electron chi connectivity index (χ4n) is 3.56. The lowest BCUT2D eigenvalue weighted by Crippen LogP contribution is -2.21. The number of hydrogen-bond acceptors (Lipinski definition) is 7. The van der Waals surface area contributed by atoms with Gasteiger partial charge in [-0.1, -0.05) is 0 Å². The summed E-state index contributed by atoms with van der Waals surface area (Å²) >= 11 is 0. The molecule has 1 aliphatic rings. The second-order valence-corrected chi connectivity index (χ2v) is 7.81. The molecule has 3 rings (SSSR count). The molecule has 0 radical (unpaired) electrons. The van der Waals surface area contributed by atoms with Crippen LogP contribution in [0.25, 0.3) is 0 Å². The number of methoxy groups -OCH3 is 1. The monoisotopic (exact) mass is 435 g/mol. The highest BCUT2D eigenvalue weighted by atomic mass is 19.3. The number of halogens is 2. The molecule has 31 heavy (non-hydrogen) atoms. The van der Waals surface area contributed by atoms with Crippen molar-refractivity contribution in [2.24, 2.45) is 0 Å². The van der Waals surface area contributed by atoms with Crippen LogP contribution in [0.5, 0.6) is 11.5 Å². The van der Waals surface area contributed by atoms with Crippen LogP contribution in [0.1, 0.15) is 31.9 Å². The first-order chi connectivity index (χ1) is 14.9. The fourth-order valence-corrected chi connectivity index (χ4v) is 3.56. The first-order valence-corrected chi connectivity index (χ1v) is 10.6. The van der Waals surface area contributed by atoms with Crippen LogP contribution < -0.4 is 20.1 Å². The number of benzene rings is 1. The maximum absolute atomic E-state index is 13.5. The van der Waals surface area contributed by atoms with Crippen LogP contribution in [0.15, 0.2) is 24.3 Å². The Labute approximate surface area is 182 Å². The van der Waals surface area contributed by atoms with Crippen LogP contribution in [0.2, 0.25) is 0 Å². The number of nitrogens with one attached hydrogen (secondary N) is 2. The van der Waals surface area contributed by atoms with Crippen molar-refractivity contribution in [3.63, 3.8) is 0 Å². The van der Waals surface area contributed by atoms with Crippen LogP contribution in [-0.2, 0) is 6.42 Å². The van der Waals surface area contributed by atoms with Gasteiger partial charge in [-0.3, -0.25) is 0 Å². The van der Waals surface area contributed by atoms with Crippen molar-refractivity contribution < 1.29 is 18.3 Å². The predicted octanol–water partition coefficient (Wildman–Crippen LogP) is 4.33. The second-order valence-electron chi connectivity index (χ2n) is 7.81. The number of rotatable bonds is 11. The van der Waals surface area contributed by atoms with Crippen molar-refractivity contribution in [2.75, 3.05) is 51.0 Å². The summed E-state index contributed by atoms with van der Waals surface area (Å²) in [6.07, 6.45) is 3.02. The minimum atomic E-state index is -2.85. The van der Waals surface area contributed by atoms with E-state index in [4.69, 9.17) is 9.47 Å². The zero-order valence-electron chi connectivity index (χ0n) is 18.4. The lowest BCUT2D eigenvalue weighted by molar-refractivity contribution is 0.0217. The number of aromatic nitrogens is 2. The molecule has 170 valence electrons. The van der Waals surface area contributed by atoms with E-state index in [2.05, 4.69) is 25.5 Å². The number of anilines is 3. The molecule has 0 spiro atoms. The first-order valence-electron chi connectivity index (χ1n) is 10.6. The largest absolute Gasteiger partial charge is 0.493 e. The van der Waals surface area contributed by atoms with Crippen LogP contribution in [0, 0.1) is 0 Å². The normalized spacial score (nSPS) is 14.5. The zero-order valence-corrected chi connectivity index (χ0v) is 18.4. The number of likely N-dealkylation sites (tertiary alicyclic amines) is 1. The SMILES string of the molecule is CNc1cc(CC(C)(F)F)nc(Nc2ccc(OC)c(OCCCN3CCCC3)c2)n1. The van der Waals surface area contributed by atoms with Crippen molar-refractivity contribution in [1.82, 2.24) is 14.9 Å². The Kier molecular flexibility index (Phi) is 7.84. The van der Waals surface area contributed by atoms with Crippen molar-refractivity contribution in [3.05, 3.63) is 30.0 Å². The van der Waals surface area contributed by atoms with Crippen LogP contribution in [-0.4, -0.2) is 61.2 Å². The predicted molar refractivity (Wildman–Crippen MR) is 118 cm³/mol. The van der Waals surface area contributed by atoms with Crippen molar-refractivity contribution in [1.29, 1.82) is 0 Å². The van der Waals surface area contributed by atoms with E-state index in [9.17, 15) is 8.78 Å². The fraction of sp³-hybridized carbons (Fsp3) is 0.545. The standard InChI is InChI=1S/C22H31F2N5O2/c1-22(23,24)15-17-14-20(25-2)28-21(27-17)26-16-7-8-18(30-3)19(13-16)31-12-6-11-29-9-4-5-10-29/h7-8,13-14H,4-6,9-12,15H2,1-3H3,(H2,25,26,27,28). The Hall–Kier alpha value is -2.68. The average molecular weight is 436 g/mol. The van der Waals surface area contributed by atoms with Gasteiger partial charge in [0.05, 0.1) is 25.8 Å². The summed E-state index contributed by atoms with van der Waals surface area (Å²) in [6.45, 7) is 4.81. The molecular formula is C22H31F2N5O2. The first kappa shape index (κ1) is 23.0. The van der Waals surface area contributed by atoms with E-state index < -0.39 is 12.3 Å². The van der Waals surface area contributed by atoms with Crippen molar-refractivity contribution >= 4 is 17.5 Å². The molecule has 2 aromatic rings. The van der Waals surface area contributed by atoms with E-state index in [1.54, 1.807) is 32.4 Å². The van der Waals surface area contributed by atoms with Gasteiger partial charge in [-0.2, -0.15) is 4.98 Å². The number of alkyl halides is 2. The highest BCUT2D eigenvalue weighted by Gasteiger charge is 2.23. The minimum Gasteiger partial charge on any atom is -0.493 e. The molecule has 1 aliphatic heterocycles. The lowest BCUT2D eigenvalue weighted by Gasteiger charge is -2.16. The van der Waals surface area contributed by atoms with E-state index in [-0.39, 0.29) is 11.6 Å². The van der Waals surface area contributed by atoms with E-state index in [0.717, 1.165) is 19.9 Å². The second kappa shape index (κ2) is 10.6.